The Bertz CT molecular complexity index is 3220. The van der Waals surface area contributed by atoms with Gasteiger partial charge in [0, 0.05) is 119 Å². The Morgan fingerprint density at radius 3 is 1.08 bits per heavy atom. The summed E-state index contributed by atoms with van der Waals surface area (Å²) in [5.41, 5.74) is 3.13. The Hall–Kier alpha value is -10.2. The van der Waals surface area contributed by atoms with Crippen molar-refractivity contribution in [3.05, 3.63) is 245 Å². The van der Waals surface area contributed by atoms with Crippen molar-refractivity contribution in [3.63, 3.8) is 0 Å². The van der Waals surface area contributed by atoms with E-state index in [1.165, 1.54) is 9.64 Å². The molecule has 21 heteroatoms. The third-order valence-electron chi connectivity index (χ3n) is 9.04. The van der Waals surface area contributed by atoms with Crippen molar-refractivity contribution >= 4 is 58.1 Å². The zero-order valence-corrected chi connectivity index (χ0v) is 57.0. The number of nitrogens with zero attached hydrogens (tertiary/aromatic N) is 5. The maximum absolute atomic E-state index is 10.8. The molecule has 9 aromatic rings. The predicted molar refractivity (Wildman–Crippen MR) is 376 cm³/mol. The number of aromatic nitrogens is 7. The highest BCUT2D eigenvalue weighted by molar-refractivity contribution is 14.1. The molecule has 0 aliphatic carbocycles. The fraction of sp³-hybridized carbons (Fsp3) is 0.250. The van der Waals surface area contributed by atoms with Crippen LogP contribution in [-0.2, 0) is 51.2 Å². The largest absolute Gasteiger partial charge is 0.456 e. The molecule has 4 heterocycles. The Morgan fingerprint density at radius 2 is 0.871 bits per heavy atom. The minimum absolute atomic E-state index is 0.214. The average molecular weight is 1400 g/mol. The third kappa shape index (κ3) is 58.0. The molecule has 4 N–H and O–H groups in total. The zero-order valence-electron chi connectivity index (χ0n) is 54.1. The second kappa shape index (κ2) is 66.2. The zero-order chi connectivity index (χ0) is 69.6. The first-order valence-electron chi connectivity index (χ1n) is 29.1. The van der Waals surface area contributed by atoms with E-state index < -0.39 is 23.9 Å². The summed E-state index contributed by atoms with van der Waals surface area (Å²) in [6.07, 6.45) is 20.8. The average Bonchev–Trinajstić information content (AvgIpc) is 2.12. The summed E-state index contributed by atoms with van der Waals surface area (Å²) in [4.78, 5) is 67.3. The number of carbonyl (C=O) groups excluding carboxylic acids is 4. The van der Waals surface area contributed by atoms with E-state index in [0.29, 0.717) is 32.2 Å². The van der Waals surface area contributed by atoms with Gasteiger partial charge in [0.2, 0.25) is 0 Å². The van der Waals surface area contributed by atoms with E-state index in [2.05, 4.69) is 135 Å². The van der Waals surface area contributed by atoms with E-state index in [9.17, 15) is 24.0 Å². The fourth-order valence-electron chi connectivity index (χ4n) is 5.21. The molecular formula is C72H85ClIN7O12. The van der Waals surface area contributed by atoms with E-state index in [1.807, 2.05) is 168 Å². The van der Waals surface area contributed by atoms with Gasteiger partial charge in [0.25, 0.3) is 5.56 Å². The van der Waals surface area contributed by atoms with Crippen LogP contribution in [0.25, 0.3) is 11.3 Å². The van der Waals surface area contributed by atoms with Gasteiger partial charge in [0.05, 0.1) is 51.5 Å². The van der Waals surface area contributed by atoms with Crippen LogP contribution in [0.1, 0.15) is 79.0 Å². The first-order chi connectivity index (χ1) is 45.1. The number of nitrogens with one attached hydrogen (secondary N) is 2. The number of rotatable bonds is 7. The van der Waals surface area contributed by atoms with Gasteiger partial charge in [-0.3, -0.25) is 4.79 Å². The molecular weight excluding hydrogens is 1320 g/mol. The van der Waals surface area contributed by atoms with Crippen LogP contribution in [0.4, 0.5) is 0 Å². The molecule has 0 bridgehead atoms. The van der Waals surface area contributed by atoms with Crippen LogP contribution < -0.4 is 5.56 Å². The molecule has 93 heavy (non-hydrogen) atoms. The number of H-pyrrole nitrogens is 2. The number of aryl methyl sites for hydroxylation is 2. The smallest absolute Gasteiger partial charge is 0.384 e. The number of ether oxygens (including phenoxy) is 4. The van der Waals surface area contributed by atoms with Crippen LogP contribution in [0.3, 0.4) is 0 Å². The lowest BCUT2D eigenvalue weighted by molar-refractivity contribution is -0.137. The number of terminal acetylenes is 1. The standard InChI is InChI=1S/3C11H10O2.C9H7NO2.C6H5I.2C5H8N2.C5H6O2.C3H4N2.C2H5Cl.2C2H6O/c3*1-2-13-11(12)9-8-10-6-4-3-5-7-10;11-9-6-8(12-10-9)7-4-2-1-3-5-7;7-6-4-2-1-3-5-6;2*1-2-7-4-3-6-5-7;1-3-5(6)7-4-2;1-2-5-3-4-1;3*1-2-3/h3*3-7H,2H2,1H3;1-6H,(H,10,11);1-5H;2*3-5H,2H2,1H3;1H,4H2,2H3;1-3H,(H,4,5);2H2,1H3;2*3H,2H2,1H3. The maximum atomic E-state index is 10.8. The Labute approximate surface area is 566 Å². The molecule has 0 saturated heterocycles. The number of aromatic amines is 2. The number of aliphatic hydroxyl groups excluding tert-OH is 2. The topological polar surface area (TPSA) is 256 Å². The lowest BCUT2D eigenvalue weighted by atomic mass is 10.2. The number of imidazole rings is 3. The van der Waals surface area contributed by atoms with Gasteiger partial charge in [-0.25, -0.2) is 34.1 Å². The summed E-state index contributed by atoms with van der Waals surface area (Å²) in [5, 5.41) is 17.4. The summed E-state index contributed by atoms with van der Waals surface area (Å²) in [7, 11) is 0. The molecule has 0 amide bonds. The van der Waals surface area contributed by atoms with E-state index in [0.717, 1.165) is 41.2 Å². The Morgan fingerprint density at radius 1 is 0.538 bits per heavy atom. The first kappa shape index (κ1) is 87.0. The number of halogens is 2. The van der Waals surface area contributed by atoms with Gasteiger partial charge in [-0.2, -0.15) is 5.16 Å². The number of hydrogen-bond acceptors (Lipinski definition) is 15. The van der Waals surface area contributed by atoms with Crippen molar-refractivity contribution in [1.29, 1.82) is 0 Å². The quantitative estimate of drug-likeness (QED) is 0.0289. The van der Waals surface area contributed by atoms with E-state index in [1.54, 1.807) is 91.2 Å². The molecule has 0 saturated carbocycles. The lowest BCUT2D eigenvalue weighted by Crippen LogP contribution is -1.99. The predicted octanol–water partition coefficient (Wildman–Crippen LogP) is 12.4. The van der Waals surface area contributed by atoms with Crippen LogP contribution in [0, 0.1) is 51.4 Å². The van der Waals surface area contributed by atoms with E-state index >= 15 is 0 Å². The molecule has 0 atom stereocenters. The highest BCUT2D eigenvalue weighted by Gasteiger charge is 2.01. The second-order valence-electron chi connectivity index (χ2n) is 16.1. The van der Waals surface area contributed by atoms with Crippen LogP contribution in [0.5, 0.6) is 0 Å². The molecule has 0 fully saturated rings. The molecule has 0 spiro atoms. The lowest BCUT2D eigenvalue weighted by Gasteiger charge is -1.91. The molecule has 9 rings (SSSR count). The SMILES string of the molecule is C#CC(=O)OCC.CCCl.CCO.CCO.CCOC(=O)C#Cc1ccccc1.CCOC(=O)C#Cc1ccccc1.CCOC(=O)C#Cc1ccccc1.CCn1ccnc1.CCn1ccnc1.Ic1ccccc1.O=c1cc(-c2ccccc2)o[nH]1.c1c[nH]cn1. The molecule has 0 aliphatic heterocycles. The van der Waals surface area contributed by atoms with E-state index in [-0.39, 0.29) is 18.8 Å². The summed E-state index contributed by atoms with van der Waals surface area (Å²) in [6, 6.07) is 49.0. The number of aliphatic hydroxyl groups is 2. The first-order valence-corrected chi connectivity index (χ1v) is 30.7. The van der Waals surface area contributed by atoms with Crippen molar-refractivity contribution in [2.75, 3.05) is 45.5 Å². The summed E-state index contributed by atoms with van der Waals surface area (Å²) >= 11 is 7.28. The summed E-state index contributed by atoms with van der Waals surface area (Å²) < 4.78 is 28.5. The monoisotopic (exact) mass is 1400 g/mol. The number of alkyl halides is 1. The third-order valence-corrected chi connectivity index (χ3v) is 9.76. The molecule has 0 radical (unpaired) electrons. The Balaban J connectivity index is -0.000000977. The van der Waals surface area contributed by atoms with Crippen molar-refractivity contribution < 1.29 is 52.9 Å². The van der Waals surface area contributed by atoms with Gasteiger partial charge in [-0.05, 0) is 127 Å². The van der Waals surface area contributed by atoms with Crippen molar-refractivity contribution in [1.82, 2.24) is 34.2 Å². The molecule has 0 unspecified atom stereocenters. The summed E-state index contributed by atoms with van der Waals surface area (Å²) in [5.74, 6) is 16.3. The van der Waals surface area contributed by atoms with Gasteiger partial charge in [0.15, 0.2) is 5.76 Å². The van der Waals surface area contributed by atoms with Crippen molar-refractivity contribution in [3.8, 4) is 59.2 Å². The fourth-order valence-corrected chi connectivity index (χ4v) is 5.63. The minimum atomic E-state index is -0.595. The van der Waals surface area contributed by atoms with Crippen LogP contribution >= 0.6 is 34.2 Å². The van der Waals surface area contributed by atoms with Crippen LogP contribution in [0.2, 0.25) is 0 Å². The number of esters is 4. The second-order valence-corrected chi connectivity index (χ2v) is 17.8. The molecule has 4 aromatic heterocycles. The van der Waals surface area contributed by atoms with Crippen molar-refractivity contribution in [2.45, 2.75) is 75.4 Å². The van der Waals surface area contributed by atoms with Crippen LogP contribution in [-0.4, -0.2) is 114 Å². The van der Waals surface area contributed by atoms with Gasteiger partial charge in [-0.1, -0.05) is 128 Å². The summed E-state index contributed by atoms with van der Waals surface area (Å²) in [6.45, 7) is 20.3. The highest BCUT2D eigenvalue weighted by Crippen LogP contribution is 2.15. The minimum Gasteiger partial charge on any atom is -0.456 e. The highest BCUT2D eigenvalue weighted by atomic mass is 127. The molecule has 0 aliphatic rings. The number of carbonyl (C=O) groups is 4. The molecule has 5 aromatic carbocycles. The van der Waals surface area contributed by atoms with Gasteiger partial charge in [0.1, 0.15) is 0 Å². The van der Waals surface area contributed by atoms with E-state index in [4.69, 9.17) is 26.3 Å². The normalized spacial score (nSPS) is 8.39. The number of benzene rings is 5. The van der Waals surface area contributed by atoms with Gasteiger partial charge < -0.3 is 47.8 Å². The number of hydrogen-bond donors (Lipinski definition) is 4. The van der Waals surface area contributed by atoms with Gasteiger partial charge >= 0.3 is 23.9 Å². The van der Waals surface area contributed by atoms with Crippen LogP contribution in [0.15, 0.2) is 223 Å². The van der Waals surface area contributed by atoms with Gasteiger partial charge in [-0.15, -0.1) is 18.0 Å². The molecule has 494 valence electrons. The Kier molecular flexibility index (Phi) is 62.0. The molecule has 19 nitrogen and oxygen atoms in total. The van der Waals surface area contributed by atoms with Crippen molar-refractivity contribution in [2.24, 2.45) is 0 Å². The maximum Gasteiger partial charge on any atom is 0.384 e.